The van der Waals surface area contributed by atoms with Crippen LogP contribution in [0.25, 0.3) is 0 Å². The van der Waals surface area contributed by atoms with Crippen molar-refractivity contribution in [1.82, 2.24) is 5.32 Å². The van der Waals surface area contributed by atoms with Crippen LogP contribution in [0.2, 0.25) is 0 Å². The number of aromatic hydroxyl groups is 1. The highest BCUT2D eigenvalue weighted by Crippen LogP contribution is 2.25. The van der Waals surface area contributed by atoms with Crippen molar-refractivity contribution in [1.29, 1.82) is 0 Å². The Balaban J connectivity index is 2.17. The van der Waals surface area contributed by atoms with Gasteiger partial charge in [0.2, 0.25) is 0 Å². The molecular formula is C17H21NO3. The lowest BCUT2D eigenvalue weighted by atomic mass is 9.92. The highest BCUT2D eigenvalue weighted by atomic mass is 16.5. The monoisotopic (exact) mass is 287 g/mol. The average Bonchev–Trinajstić information content (AvgIpc) is 2.54. The highest BCUT2D eigenvalue weighted by Gasteiger charge is 2.25. The molecule has 0 saturated heterocycles. The number of hydrogen-bond donors (Lipinski definition) is 3. The second-order valence-electron chi connectivity index (χ2n) is 5.20. The maximum atomic E-state index is 9.91. The SMILES string of the molecule is COc1ccc(O)c(CNC(C)(CO)c2ccccc2)c1. The van der Waals surface area contributed by atoms with Gasteiger partial charge in [0.1, 0.15) is 11.5 Å². The Kier molecular flexibility index (Phi) is 4.83. The summed E-state index contributed by atoms with van der Waals surface area (Å²) in [6, 6.07) is 14.8. The van der Waals surface area contributed by atoms with Gasteiger partial charge < -0.3 is 20.3 Å². The van der Waals surface area contributed by atoms with E-state index in [1.54, 1.807) is 25.3 Å². The lowest BCUT2D eigenvalue weighted by Gasteiger charge is -2.29. The number of nitrogens with one attached hydrogen (secondary N) is 1. The van der Waals surface area contributed by atoms with Crippen molar-refractivity contribution in [3.05, 3.63) is 59.7 Å². The van der Waals surface area contributed by atoms with Crippen molar-refractivity contribution < 1.29 is 14.9 Å². The molecule has 1 unspecified atom stereocenters. The summed E-state index contributed by atoms with van der Waals surface area (Å²) in [7, 11) is 1.59. The van der Waals surface area contributed by atoms with Gasteiger partial charge in [-0.25, -0.2) is 0 Å². The van der Waals surface area contributed by atoms with Crippen LogP contribution in [0, 0.1) is 0 Å². The summed E-state index contributed by atoms with van der Waals surface area (Å²) in [5.74, 6) is 0.895. The molecule has 0 fully saturated rings. The summed E-state index contributed by atoms with van der Waals surface area (Å²) >= 11 is 0. The van der Waals surface area contributed by atoms with Gasteiger partial charge in [-0.05, 0) is 30.7 Å². The number of aliphatic hydroxyl groups excluding tert-OH is 1. The van der Waals surface area contributed by atoms with Crippen LogP contribution in [0.5, 0.6) is 11.5 Å². The van der Waals surface area contributed by atoms with Gasteiger partial charge in [-0.1, -0.05) is 30.3 Å². The maximum Gasteiger partial charge on any atom is 0.120 e. The van der Waals surface area contributed by atoms with E-state index >= 15 is 0 Å². The third-order valence-electron chi connectivity index (χ3n) is 3.68. The molecule has 3 N–H and O–H groups in total. The third-order valence-corrected chi connectivity index (χ3v) is 3.68. The van der Waals surface area contributed by atoms with E-state index in [0.717, 1.165) is 11.1 Å². The number of phenols is 1. The van der Waals surface area contributed by atoms with E-state index in [1.807, 2.05) is 37.3 Å². The second kappa shape index (κ2) is 6.61. The zero-order chi connectivity index (χ0) is 15.3. The maximum absolute atomic E-state index is 9.91. The highest BCUT2D eigenvalue weighted by molar-refractivity contribution is 5.39. The van der Waals surface area contributed by atoms with Crippen molar-refractivity contribution >= 4 is 0 Å². The van der Waals surface area contributed by atoms with Crippen LogP contribution < -0.4 is 10.1 Å². The first-order valence-corrected chi connectivity index (χ1v) is 6.86. The smallest absolute Gasteiger partial charge is 0.120 e. The van der Waals surface area contributed by atoms with Gasteiger partial charge in [-0.3, -0.25) is 0 Å². The van der Waals surface area contributed by atoms with Crippen LogP contribution in [-0.4, -0.2) is 23.9 Å². The molecule has 0 bridgehead atoms. The van der Waals surface area contributed by atoms with Crippen LogP contribution in [0.15, 0.2) is 48.5 Å². The van der Waals surface area contributed by atoms with E-state index in [1.165, 1.54) is 0 Å². The third kappa shape index (κ3) is 3.54. The minimum Gasteiger partial charge on any atom is -0.508 e. The first-order valence-electron chi connectivity index (χ1n) is 6.86. The van der Waals surface area contributed by atoms with Crippen molar-refractivity contribution in [2.75, 3.05) is 13.7 Å². The van der Waals surface area contributed by atoms with E-state index in [2.05, 4.69) is 5.32 Å². The quantitative estimate of drug-likeness (QED) is 0.763. The zero-order valence-corrected chi connectivity index (χ0v) is 12.3. The van der Waals surface area contributed by atoms with Gasteiger partial charge in [0.05, 0.1) is 19.3 Å². The standard InChI is InChI=1S/C17H21NO3/c1-17(12-19,14-6-4-3-5-7-14)18-11-13-10-15(21-2)8-9-16(13)20/h3-10,18-20H,11-12H2,1-2H3. The minimum atomic E-state index is -0.573. The molecule has 0 radical (unpaired) electrons. The van der Waals surface area contributed by atoms with Crippen molar-refractivity contribution in [2.24, 2.45) is 0 Å². The molecule has 0 saturated carbocycles. The molecule has 21 heavy (non-hydrogen) atoms. The number of ether oxygens (including phenoxy) is 1. The lowest BCUT2D eigenvalue weighted by molar-refractivity contribution is 0.173. The Morgan fingerprint density at radius 2 is 1.86 bits per heavy atom. The lowest BCUT2D eigenvalue weighted by Crippen LogP contribution is -2.42. The number of rotatable bonds is 6. The summed E-state index contributed by atoms with van der Waals surface area (Å²) < 4.78 is 5.16. The topological polar surface area (TPSA) is 61.7 Å². The summed E-state index contributed by atoms with van der Waals surface area (Å²) in [6.45, 7) is 2.32. The van der Waals surface area contributed by atoms with Crippen molar-refractivity contribution in [2.45, 2.75) is 19.0 Å². The van der Waals surface area contributed by atoms with Crippen LogP contribution in [0.3, 0.4) is 0 Å². The number of methoxy groups -OCH3 is 1. The van der Waals surface area contributed by atoms with Gasteiger partial charge in [0, 0.05) is 12.1 Å². The summed E-state index contributed by atoms with van der Waals surface area (Å²) in [4.78, 5) is 0. The predicted molar refractivity (Wildman–Crippen MR) is 82.4 cm³/mol. The molecule has 4 nitrogen and oxygen atoms in total. The Hall–Kier alpha value is -2.04. The Bertz CT molecular complexity index is 586. The fourth-order valence-electron chi connectivity index (χ4n) is 2.18. The molecular weight excluding hydrogens is 266 g/mol. The van der Waals surface area contributed by atoms with Gasteiger partial charge >= 0.3 is 0 Å². The van der Waals surface area contributed by atoms with Gasteiger partial charge in [-0.2, -0.15) is 0 Å². The van der Waals surface area contributed by atoms with E-state index in [-0.39, 0.29) is 12.4 Å². The number of benzene rings is 2. The fourth-order valence-corrected chi connectivity index (χ4v) is 2.18. The first kappa shape index (κ1) is 15.4. The van der Waals surface area contributed by atoms with Crippen LogP contribution in [-0.2, 0) is 12.1 Å². The summed E-state index contributed by atoms with van der Waals surface area (Å²) in [5, 5.41) is 23.0. The van der Waals surface area contributed by atoms with Gasteiger partial charge in [-0.15, -0.1) is 0 Å². The molecule has 0 aliphatic heterocycles. The van der Waals surface area contributed by atoms with Crippen molar-refractivity contribution in [3.8, 4) is 11.5 Å². The predicted octanol–water partition coefficient (Wildman–Crippen LogP) is 2.40. The molecule has 0 heterocycles. The summed E-state index contributed by atoms with van der Waals surface area (Å²) in [6.07, 6.45) is 0. The Morgan fingerprint density at radius 3 is 2.48 bits per heavy atom. The molecule has 0 amide bonds. The van der Waals surface area contributed by atoms with Crippen LogP contribution in [0.4, 0.5) is 0 Å². The molecule has 0 aliphatic carbocycles. The molecule has 0 spiro atoms. The van der Waals surface area contributed by atoms with Crippen LogP contribution in [0.1, 0.15) is 18.1 Å². The molecule has 0 aromatic heterocycles. The van der Waals surface area contributed by atoms with Gasteiger partial charge in [0.25, 0.3) is 0 Å². The van der Waals surface area contributed by atoms with Gasteiger partial charge in [0.15, 0.2) is 0 Å². The second-order valence-corrected chi connectivity index (χ2v) is 5.20. The molecule has 2 aromatic rings. The first-order chi connectivity index (χ1) is 10.1. The molecule has 2 rings (SSSR count). The fraction of sp³-hybridized carbons (Fsp3) is 0.294. The molecule has 112 valence electrons. The molecule has 2 aromatic carbocycles. The Labute approximate surface area is 125 Å². The molecule has 0 aliphatic rings. The molecule has 4 heteroatoms. The van der Waals surface area contributed by atoms with E-state index < -0.39 is 5.54 Å². The number of aliphatic hydroxyl groups is 1. The Morgan fingerprint density at radius 1 is 1.14 bits per heavy atom. The normalized spacial score (nSPS) is 13.7. The van der Waals surface area contributed by atoms with E-state index in [9.17, 15) is 10.2 Å². The number of hydrogen-bond acceptors (Lipinski definition) is 4. The van der Waals surface area contributed by atoms with E-state index in [0.29, 0.717) is 12.3 Å². The zero-order valence-electron chi connectivity index (χ0n) is 12.3. The van der Waals surface area contributed by atoms with Crippen LogP contribution >= 0.6 is 0 Å². The number of phenolic OH excluding ortho intramolecular Hbond substituents is 1. The minimum absolute atomic E-state index is 0.0399. The average molecular weight is 287 g/mol. The molecule has 1 atom stereocenters. The van der Waals surface area contributed by atoms with Crippen molar-refractivity contribution in [3.63, 3.8) is 0 Å². The van der Waals surface area contributed by atoms with E-state index in [4.69, 9.17) is 4.74 Å². The summed E-state index contributed by atoms with van der Waals surface area (Å²) in [5.41, 5.74) is 1.15. The largest absolute Gasteiger partial charge is 0.508 e.